The summed E-state index contributed by atoms with van der Waals surface area (Å²) in [6.45, 7) is 0. The van der Waals surface area contributed by atoms with E-state index in [0.717, 1.165) is 30.5 Å². The van der Waals surface area contributed by atoms with E-state index in [9.17, 15) is 9.59 Å². The van der Waals surface area contributed by atoms with Crippen LogP contribution in [0.4, 0.5) is 5.69 Å². The molecule has 8 heteroatoms. The van der Waals surface area contributed by atoms with Gasteiger partial charge in [0.05, 0.1) is 18.5 Å². The number of aryl methyl sites for hydroxylation is 1. The van der Waals surface area contributed by atoms with Gasteiger partial charge in [-0.2, -0.15) is 5.10 Å². The van der Waals surface area contributed by atoms with Gasteiger partial charge in [0.25, 0.3) is 0 Å². The monoisotopic (exact) mass is 422 g/mol. The number of ether oxygens (including phenoxy) is 1. The van der Waals surface area contributed by atoms with E-state index < -0.39 is 5.25 Å². The average molecular weight is 423 g/mol. The molecule has 1 atom stereocenters. The second kappa shape index (κ2) is 9.13. The van der Waals surface area contributed by atoms with Gasteiger partial charge in [-0.25, -0.2) is 0 Å². The Balaban J connectivity index is 1.40. The molecule has 30 heavy (non-hydrogen) atoms. The summed E-state index contributed by atoms with van der Waals surface area (Å²) in [5.41, 5.74) is 3.90. The highest BCUT2D eigenvalue weighted by molar-refractivity contribution is 8.15. The molecule has 0 saturated carbocycles. The molecule has 7 nitrogen and oxygen atoms in total. The zero-order valence-electron chi connectivity index (χ0n) is 16.6. The van der Waals surface area contributed by atoms with Crippen molar-refractivity contribution < 1.29 is 14.3 Å². The summed E-state index contributed by atoms with van der Waals surface area (Å²) in [4.78, 5) is 24.7. The molecular weight excluding hydrogens is 400 g/mol. The lowest BCUT2D eigenvalue weighted by atomic mass is 9.90. The SMILES string of the molecule is COc1ccccc1NC(=O)C[C@H]1S/C(=N\N=C2\CCCc3ccccc32)NC1=O. The predicted octanol–water partition coefficient (Wildman–Crippen LogP) is 3.35. The number of hydrogen-bond donors (Lipinski definition) is 2. The zero-order valence-corrected chi connectivity index (χ0v) is 17.4. The Hall–Kier alpha value is -3.13. The highest BCUT2D eigenvalue weighted by atomic mass is 32.2. The fraction of sp³-hybridized carbons (Fsp3) is 0.273. The van der Waals surface area contributed by atoms with Gasteiger partial charge in [-0.05, 0) is 37.0 Å². The van der Waals surface area contributed by atoms with Gasteiger partial charge in [-0.15, -0.1) is 5.10 Å². The second-order valence-corrected chi connectivity index (χ2v) is 8.20. The minimum Gasteiger partial charge on any atom is -0.495 e. The lowest BCUT2D eigenvalue weighted by Crippen LogP contribution is -2.28. The van der Waals surface area contributed by atoms with Crippen molar-refractivity contribution in [1.29, 1.82) is 0 Å². The van der Waals surface area contributed by atoms with E-state index in [-0.39, 0.29) is 18.2 Å². The molecule has 0 bridgehead atoms. The lowest BCUT2D eigenvalue weighted by molar-refractivity contribution is -0.122. The Kier molecular flexibility index (Phi) is 6.13. The number of carbonyl (C=O) groups excluding carboxylic acids is 2. The van der Waals surface area contributed by atoms with E-state index in [4.69, 9.17) is 4.74 Å². The van der Waals surface area contributed by atoms with Crippen LogP contribution in [0.1, 0.15) is 30.4 Å². The minimum absolute atomic E-state index is 0.0347. The summed E-state index contributed by atoms with van der Waals surface area (Å²) in [5, 5.41) is 14.0. The first-order chi connectivity index (χ1) is 14.6. The number of benzene rings is 2. The van der Waals surface area contributed by atoms with E-state index in [2.05, 4.69) is 33.0 Å². The summed E-state index contributed by atoms with van der Waals surface area (Å²) >= 11 is 1.23. The van der Waals surface area contributed by atoms with Crippen LogP contribution in [-0.2, 0) is 16.0 Å². The van der Waals surface area contributed by atoms with Crippen molar-refractivity contribution in [3.05, 3.63) is 59.7 Å². The highest BCUT2D eigenvalue weighted by Gasteiger charge is 2.32. The van der Waals surface area contributed by atoms with Crippen LogP contribution in [0.5, 0.6) is 5.75 Å². The fourth-order valence-corrected chi connectivity index (χ4v) is 4.43. The van der Waals surface area contributed by atoms with Crippen LogP contribution in [0.25, 0.3) is 0 Å². The van der Waals surface area contributed by atoms with Gasteiger partial charge in [-0.3, -0.25) is 9.59 Å². The molecule has 2 N–H and O–H groups in total. The molecule has 2 aliphatic rings. The fourth-order valence-electron chi connectivity index (χ4n) is 3.51. The van der Waals surface area contributed by atoms with Crippen molar-refractivity contribution in [2.75, 3.05) is 12.4 Å². The van der Waals surface area contributed by atoms with Crippen molar-refractivity contribution in [2.45, 2.75) is 30.9 Å². The zero-order chi connectivity index (χ0) is 20.9. The molecule has 1 fully saturated rings. The van der Waals surface area contributed by atoms with Crippen LogP contribution in [0.3, 0.4) is 0 Å². The number of carbonyl (C=O) groups is 2. The standard InChI is InChI=1S/C22H22N4O3S/c1-29-18-12-5-4-10-17(18)23-20(27)13-19-21(28)24-22(30-19)26-25-16-11-6-8-14-7-2-3-9-15(14)16/h2-5,7,9-10,12,19H,6,8,11,13H2,1H3,(H,23,27)(H,24,26,28)/b25-16-/t19-/m1/s1. The quantitative estimate of drug-likeness (QED) is 0.723. The van der Waals surface area contributed by atoms with Gasteiger partial charge >= 0.3 is 0 Å². The summed E-state index contributed by atoms with van der Waals surface area (Å²) in [6, 6.07) is 15.3. The Morgan fingerprint density at radius 3 is 2.83 bits per heavy atom. The molecule has 154 valence electrons. The van der Waals surface area contributed by atoms with Crippen LogP contribution in [0.15, 0.2) is 58.7 Å². The van der Waals surface area contributed by atoms with Gasteiger partial charge in [0.1, 0.15) is 11.0 Å². The minimum atomic E-state index is -0.544. The number of para-hydroxylation sites is 2. The number of methoxy groups -OCH3 is 1. The highest BCUT2D eigenvalue weighted by Crippen LogP contribution is 2.27. The number of anilines is 1. The number of fused-ring (bicyclic) bond motifs is 1. The molecule has 4 rings (SSSR count). The molecule has 1 saturated heterocycles. The number of nitrogens with zero attached hydrogens (tertiary/aromatic N) is 2. The van der Waals surface area contributed by atoms with Gasteiger partial charge in [-0.1, -0.05) is 48.2 Å². The normalized spacial score (nSPS) is 20.7. The van der Waals surface area contributed by atoms with E-state index >= 15 is 0 Å². The Labute approximate surface area is 179 Å². The molecule has 1 heterocycles. The summed E-state index contributed by atoms with van der Waals surface area (Å²) < 4.78 is 5.24. The Morgan fingerprint density at radius 2 is 1.97 bits per heavy atom. The summed E-state index contributed by atoms with van der Waals surface area (Å²) in [6.07, 6.45) is 2.97. The maximum atomic E-state index is 12.4. The van der Waals surface area contributed by atoms with Crippen molar-refractivity contribution in [3.63, 3.8) is 0 Å². The van der Waals surface area contributed by atoms with Crippen molar-refractivity contribution >= 4 is 40.1 Å². The average Bonchev–Trinajstić information content (AvgIpc) is 3.11. The first-order valence-corrected chi connectivity index (χ1v) is 10.6. The summed E-state index contributed by atoms with van der Waals surface area (Å²) in [5.74, 6) is 0.0688. The number of thioether (sulfide) groups is 1. The third-order valence-electron chi connectivity index (χ3n) is 4.98. The van der Waals surface area contributed by atoms with Crippen LogP contribution in [0, 0.1) is 0 Å². The topological polar surface area (TPSA) is 92.2 Å². The molecule has 2 aromatic rings. The molecule has 1 aliphatic carbocycles. The molecule has 2 aromatic carbocycles. The van der Waals surface area contributed by atoms with Crippen LogP contribution >= 0.6 is 11.8 Å². The van der Waals surface area contributed by atoms with Crippen molar-refractivity contribution in [3.8, 4) is 5.75 Å². The van der Waals surface area contributed by atoms with E-state index in [1.165, 1.54) is 17.3 Å². The number of rotatable bonds is 5. The third-order valence-corrected chi connectivity index (χ3v) is 6.05. The van der Waals surface area contributed by atoms with Gasteiger partial charge in [0.15, 0.2) is 5.17 Å². The smallest absolute Gasteiger partial charge is 0.240 e. The number of amides is 2. The summed E-state index contributed by atoms with van der Waals surface area (Å²) in [7, 11) is 1.54. The maximum Gasteiger partial charge on any atom is 0.240 e. The van der Waals surface area contributed by atoms with Gasteiger partial charge in [0, 0.05) is 12.0 Å². The maximum absolute atomic E-state index is 12.4. The number of hydrogen-bond acceptors (Lipinski definition) is 6. The Morgan fingerprint density at radius 1 is 1.17 bits per heavy atom. The first-order valence-electron chi connectivity index (χ1n) is 9.77. The van der Waals surface area contributed by atoms with E-state index in [0.29, 0.717) is 16.6 Å². The van der Waals surface area contributed by atoms with Crippen LogP contribution in [-0.4, -0.2) is 35.1 Å². The van der Waals surface area contributed by atoms with Crippen molar-refractivity contribution in [2.24, 2.45) is 10.2 Å². The predicted molar refractivity (Wildman–Crippen MR) is 119 cm³/mol. The molecule has 0 spiro atoms. The third kappa shape index (κ3) is 4.54. The largest absolute Gasteiger partial charge is 0.495 e. The van der Waals surface area contributed by atoms with E-state index in [1.54, 1.807) is 19.2 Å². The number of nitrogens with one attached hydrogen (secondary N) is 2. The Bertz CT molecular complexity index is 1030. The molecular formula is C22H22N4O3S. The molecule has 0 unspecified atom stereocenters. The van der Waals surface area contributed by atoms with Crippen LogP contribution in [0.2, 0.25) is 0 Å². The second-order valence-electron chi connectivity index (χ2n) is 7.01. The van der Waals surface area contributed by atoms with Crippen molar-refractivity contribution in [1.82, 2.24) is 5.32 Å². The van der Waals surface area contributed by atoms with E-state index in [1.807, 2.05) is 24.3 Å². The van der Waals surface area contributed by atoms with Crippen LogP contribution < -0.4 is 15.4 Å². The van der Waals surface area contributed by atoms with Gasteiger partial charge < -0.3 is 15.4 Å². The molecule has 1 aliphatic heterocycles. The first kappa shape index (κ1) is 20.2. The van der Waals surface area contributed by atoms with Gasteiger partial charge in [0.2, 0.25) is 11.8 Å². The molecule has 0 radical (unpaired) electrons. The molecule has 0 aromatic heterocycles. The molecule has 2 amide bonds. The number of amidine groups is 1. The lowest BCUT2D eigenvalue weighted by Gasteiger charge is -2.16.